The highest BCUT2D eigenvalue weighted by molar-refractivity contribution is 7.88. The fourth-order valence-electron chi connectivity index (χ4n) is 2.28. The second-order valence-electron chi connectivity index (χ2n) is 5.14. The van der Waals surface area contributed by atoms with Crippen LogP contribution in [0.5, 0.6) is 0 Å². The number of carbonyl (C=O) groups is 1. The van der Waals surface area contributed by atoms with Crippen LogP contribution in [0.2, 0.25) is 0 Å². The number of aromatic nitrogens is 1. The molecule has 1 fully saturated rings. The third kappa shape index (κ3) is 3.77. The summed E-state index contributed by atoms with van der Waals surface area (Å²) in [7, 11) is -3.15. The molecule has 6 nitrogen and oxygen atoms in total. The first-order valence-corrected chi connectivity index (χ1v) is 8.40. The molecule has 0 saturated carbocycles. The highest BCUT2D eigenvalue weighted by atomic mass is 32.2. The minimum atomic E-state index is -3.15. The van der Waals surface area contributed by atoms with E-state index in [1.807, 2.05) is 19.1 Å². The second kappa shape index (κ2) is 5.88. The summed E-state index contributed by atoms with van der Waals surface area (Å²) in [6.45, 7) is 2.73. The van der Waals surface area contributed by atoms with Crippen molar-refractivity contribution in [1.29, 1.82) is 0 Å². The van der Waals surface area contributed by atoms with E-state index in [0.29, 0.717) is 31.7 Å². The Morgan fingerprint density at radius 1 is 1.40 bits per heavy atom. The van der Waals surface area contributed by atoms with E-state index in [1.165, 1.54) is 10.6 Å². The summed E-state index contributed by atoms with van der Waals surface area (Å²) < 4.78 is 24.2. The van der Waals surface area contributed by atoms with Crippen molar-refractivity contribution in [3.8, 4) is 0 Å². The van der Waals surface area contributed by atoms with E-state index < -0.39 is 10.0 Å². The molecule has 0 radical (unpaired) electrons. The molecule has 7 heteroatoms. The largest absolute Gasteiger partial charge is 0.310 e. The Labute approximate surface area is 119 Å². The third-order valence-corrected chi connectivity index (χ3v) is 4.76. The quantitative estimate of drug-likeness (QED) is 0.902. The predicted octanol–water partition coefficient (Wildman–Crippen LogP) is 1.00. The fourth-order valence-corrected chi connectivity index (χ4v) is 3.16. The maximum absolute atomic E-state index is 12.1. The standard InChI is InChI=1S/C13H19N3O3S/c1-10-3-6-14-12(9-10)15-13(17)11-4-7-16(8-5-11)20(2,18)19/h3,6,9,11H,4-5,7-8H2,1-2H3,(H,14,15,17). The molecular weight excluding hydrogens is 278 g/mol. The van der Waals surface area contributed by atoms with Crippen LogP contribution in [0.4, 0.5) is 5.82 Å². The lowest BCUT2D eigenvalue weighted by atomic mass is 9.97. The topological polar surface area (TPSA) is 79.4 Å². The smallest absolute Gasteiger partial charge is 0.228 e. The van der Waals surface area contributed by atoms with Crippen molar-refractivity contribution in [3.05, 3.63) is 23.9 Å². The van der Waals surface area contributed by atoms with E-state index in [-0.39, 0.29) is 11.8 Å². The molecule has 0 spiro atoms. The van der Waals surface area contributed by atoms with Crippen LogP contribution in [0.15, 0.2) is 18.3 Å². The van der Waals surface area contributed by atoms with Crippen molar-refractivity contribution in [2.75, 3.05) is 24.7 Å². The summed E-state index contributed by atoms with van der Waals surface area (Å²) in [5.41, 5.74) is 1.03. The van der Waals surface area contributed by atoms with E-state index in [4.69, 9.17) is 0 Å². The van der Waals surface area contributed by atoms with Gasteiger partial charge in [-0.3, -0.25) is 4.79 Å². The molecule has 1 saturated heterocycles. The number of aryl methyl sites for hydroxylation is 1. The summed E-state index contributed by atoms with van der Waals surface area (Å²) in [4.78, 5) is 16.2. The van der Waals surface area contributed by atoms with Gasteiger partial charge in [0.2, 0.25) is 15.9 Å². The van der Waals surface area contributed by atoms with Gasteiger partial charge in [0.1, 0.15) is 5.82 Å². The number of sulfonamides is 1. The van der Waals surface area contributed by atoms with Gasteiger partial charge in [0.15, 0.2) is 0 Å². The number of nitrogens with one attached hydrogen (secondary N) is 1. The van der Waals surface area contributed by atoms with E-state index in [2.05, 4.69) is 10.3 Å². The van der Waals surface area contributed by atoms with Gasteiger partial charge < -0.3 is 5.32 Å². The average molecular weight is 297 g/mol. The molecule has 1 N–H and O–H groups in total. The van der Waals surface area contributed by atoms with Crippen LogP contribution < -0.4 is 5.32 Å². The van der Waals surface area contributed by atoms with Gasteiger partial charge in [0.25, 0.3) is 0 Å². The molecule has 20 heavy (non-hydrogen) atoms. The predicted molar refractivity (Wildman–Crippen MR) is 76.7 cm³/mol. The normalized spacial score (nSPS) is 17.9. The average Bonchev–Trinajstić information content (AvgIpc) is 2.38. The number of anilines is 1. The van der Waals surface area contributed by atoms with Crippen LogP contribution in [0.25, 0.3) is 0 Å². The zero-order valence-electron chi connectivity index (χ0n) is 11.7. The van der Waals surface area contributed by atoms with E-state index in [9.17, 15) is 13.2 Å². The van der Waals surface area contributed by atoms with Crippen molar-refractivity contribution < 1.29 is 13.2 Å². The molecule has 0 unspecified atom stereocenters. The molecule has 0 aliphatic carbocycles. The van der Waals surface area contributed by atoms with Gasteiger partial charge >= 0.3 is 0 Å². The zero-order chi connectivity index (χ0) is 14.8. The SMILES string of the molecule is Cc1ccnc(NC(=O)C2CCN(S(C)(=O)=O)CC2)c1. The molecule has 1 aliphatic rings. The highest BCUT2D eigenvalue weighted by Gasteiger charge is 2.28. The first-order valence-electron chi connectivity index (χ1n) is 6.55. The van der Waals surface area contributed by atoms with Crippen LogP contribution in [-0.4, -0.2) is 43.0 Å². The molecule has 1 aromatic rings. The lowest BCUT2D eigenvalue weighted by molar-refractivity contribution is -0.120. The van der Waals surface area contributed by atoms with Crippen LogP contribution in [0.3, 0.4) is 0 Å². The van der Waals surface area contributed by atoms with Crippen LogP contribution >= 0.6 is 0 Å². The molecule has 0 bridgehead atoms. The Hall–Kier alpha value is -1.47. The van der Waals surface area contributed by atoms with Crippen molar-refractivity contribution in [3.63, 3.8) is 0 Å². The maximum Gasteiger partial charge on any atom is 0.228 e. The molecule has 2 heterocycles. The van der Waals surface area contributed by atoms with Gasteiger partial charge in [0, 0.05) is 25.2 Å². The summed E-state index contributed by atoms with van der Waals surface area (Å²) in [5.74, 6) is 0.298. The first kappa shape index (κ1) is 14.9. The van der Waals surface area contributed by atoms with Crippen molar-refractivity contribution in [2.45, 2.75) is 19.8 Å². The van der Waals surface area contributed by atoms with Crippen LogP contribution in [-0.2, 0) is 14.8 Å². The monoisotopic (exact) mass is 297 g/mol. The first-order chi connectivity index (χ1) is 9.36. The number of pyridine rings is 1. The van der Waals surface area contributed by atoms with E-state index in [0.717, 1.165) is 5.56 Å². The maximum atomic E-state index is 12.1. The molecular formula is C13H19N3O3S. The van der Waals surface area contributed by atoms with Crippen molar-refractivity contribution in [1.82, 2.24) is 9.29 Å². The number of hydrogen-bond donors (Lipinski definition) is 1. The van der Waals surface area contributed by atoms with Gasteiger partial charge in [-0.15, -0.1) is 0 Å². The molecule has 0 atom stereocenters. The lowest BCUT2D eigenvalue weighted by Gasteiger charge is -2.29. The molecule has 1 aliphatic heterocycles. The summed E-state index contributed by atoms with van der Waals surface area (Å²) in [6, 6.07) is 3.67. The second-order valence-corrected chi connectivity index (χ2v) is 7.13. The number of piperidine rings is 1. The Balaban J connectivity index is 1.92. The molecule has 2 rings (SSSR count). The van der Waals surface area contributed by atoms with Gasteiger partial charge in [-0.25, -0.2) is 17.7 Å². The summed E-state index contributed by atoms with van der Waals surface area (Å²) in [6.07, 6.45) is 3.94. The number of nitrogens with zero attached hydrogens (tertiary/aromatic N) is 2. The van der Waals surface area contributed by atoms with Crippen LogP contribution in [0.1, 0.15) is 18.4 Å². The van der Waals surface area contributed by atoms with Crippen molar-refractivity contribution in [2.24, 2.45) is 5.92 Å². The third-order valence-electron chi connectivity index (χ3n) is 3.46. The number of rotatable bonds is 3. The summed E-state index contributed by atoms with van der Waals surface area (Å²) in [5, 5.41) is 2.79. The lowest BCUT2D eigenvalue weighted by Crippen LogP contribution is -2.40. The zero-order valence-corrected chi connectivity index (χ0v) is 12.5. The number of hydrogen-bond acceptors (Lipinski definition) is 4. The summed E-state index contributed by atoms with van der Waals surface area (Å²) >= 11 is 0. The Morgan fingerprint density at radius 3 is 2.60 bits per heavy atom. The molecule has 1 aromatic heterocycles. The Bertz CT molecular complexity index is 593. The Morgan fingerprint density at radius 2 is 2.05 bits per heavy atom. The molecule has 110 valence electrons. The van der Waals surface area contributed by atoms with E-state index in [1.54, 1.807) is 6.20 Å². The minimum Gasteiger partial charge on any atom is -0.310 e. The number of amides is 1. The van der Waals surface area contributed by atoms with E-state index >= 15 is 0 Å². The van der Waals surface area contributed by atoms with Crippen LogP contribution in [0, 0.1) is 12.8 Å². The number of carbonyl (C=O) groups excluding carboxylic acids is 1. The minimum absolute atomic E-state index is 0.0868. The van der Waals surface area contributed by atoms with Gasteiger partial charge in [-0.1, -0.05) is 0 Å². The van der Waals surface area contributed by atoms with Gasteiger partial charge in [0.05, 0.1) is 6.26 Å². The Kier molecular flexibility index (Phi) is 4.39. The van der Waals surface area contributed by atoms with Crippen molar-refractivity contribution >= 4 is 21.7 Å². The van der Waals surface area contributed by atoms with Gasteiger partial charge in [-0.2, -0.15) is 0 Å². The van der Waals surface area contributed by atoms with Gasteiger partial charge in [-0.05, 0) is 37.5 Å². The molecule has 1 amide bonds. The molecule has 0 aromatic carbocycles. The highest BCUT2D eigenvalue weighted by Crippen LogP contribution is 2.20. The fraction of sp³-hybridized carbons (Fsp3) is 0.538.